The lowest BCUT2D eigenvalue weighted by molar-refractivity contribution is -0.121. The Morgan fingerprint density at radius 3 is 2.31 bits per heavy atom. The van der Waals surface area contributed by atoms with Gasteiger partial charge in [-0.05, 0) is 49.6 Å². The van der Waals surface area contributed by atoms with Crippen LogP contribution in [0.25, 0.3) is 0 Å². The van der Waals surface area contributed by atoms with Gasteiger partial charge in [0.2, 0.25) is 15.9 Å². The van der Waals surface area contributed by atoms with E-state index in [4.69, 9.17) is 11.6 Å². The zero-order valence-corrected chi connectivity index (χ0v) is 16.1. The van der Waals surface area contributed by atoms with Crippen LogP contribution in [-0.2, 0) is 21.4 Å². The summed E-state index contributed by atoms with van der Waals surface area (Å²) >= 11 is 5.86. The van der Waals surface area contributed by atoms with E-state index in [1.165, 1.54) is 28.6 Å². The third-order valence-electron chi connectivity index (χ3n) is 4.19. The molecule has 1 aliphatic carbocycles. The molecule has 138 valence electrons. The van der Waals surface area contributed by atoms with E-state index in [2.05, 4.69) is 5.32 Å². The van der Waals surface area contributed by atoms with Gasteiger partial charge in [-0.25, -0.2) is 8.42 Å². The Morgan fingerprint density at radius 2 is 1.73 bits per heavy atom. The van der Waals surface area contributed by atoms with Gasteiger partial charge in [0.25, 0.3) is 0 Å². The van der Waals surface area contributed by atoms with Crippen molar-refractivity contribution >= 4 is 27.5 Å². The lowest BCUT2D eigenvalue weighted by atomic mass is 10.1. The second-order valence-corrected chi connectivity index (χ2v) is 8.93. The highest BCUT2D eigenvalue weighted by Crippen LogP contribution is 2.22. The van der Waals surface area contributed by atoms with E-state index in [0.717, 1.165) is 24.0 Å². The highest BCUT2D eigenvalue weighted by atomic mass is 35.5. The fourth-order valence-corrected chi connectivity index (χ4v) is 4.05. The molecule has 0 atom stereocenters. The lowest BCUT2D eigenvalue weighted by Crippen LogP contribution is -2.41. The van der Waals surface area contributed by atoms with Crippen molar-refractivity contribution in [3.05, 3.63) is 64.7 Å². The van der Waals surface area contributed by atoms with Gasteiger partial charge in [-0.15, -0.1) is 0 Å². The van der Waals surface area contributed by atoms with Crippen molar-refractivity contribution < 1.29 is 13.2 Å². The normalized spacial score (nSPS) is 14.4. The molecule has 1 amide bonds. The summed E-state index contributed by atoms with van der Waals surface area (Å²) in [4.78, 5) is 12.4. The van der Waals surface area contributed by atoms with Crippen LogP contribution >= 0.6 is 11.6 Å². The number of carbonyl (C=O) groups is 1. The van der Waals surface area contributed by atoms with E-state index in [1.807, 2.05) is 31.2 Å². The summed E-state index contributed by atoms with van der Waals surface area (Å²) in [6, 6.07) is 13.8. The average molecular weight is 393 g/mol. The standard InChI is InChI=1S/C19H21ClN2O3S/c1-14-2-4-15(5-3-14)12-22(13-19(23)21-17-8-9-17)26(24,25)18-10-6-16(20)7-11-18/h2-7,10-11,17H,8-9,12-13H2,1H3,(H,21,23). The highest BCUT2D eigenvalue weighted by molar-refractivity contribution is 7.89. The number of nitrogens with zero attached hydrogens (tertiary/aromatic N) is 1. The van der Waals surface area contributed by atoms with Crippen LogP contribution in [0.3, 0.4) is 0 Å². The Balaban J connectivity index is 1.85. The number of sulfonamides is 1. The average Bonchev–Trinajstić information content (AvgIpc) is 3.40. The minimum Gasteiger partial charge on any atom is -0.352 e. The second kappa shape index (κ2) is 7.78. The molecule has 0 bridgehead atoms. The first kappa shape index (κ1) is 18.9. The molecule has 1 saturated carbocycles. The molecule has 3 rings (SSSR count). The number of amides is 1. The summed E-state index contributed by atoms with van der Waals surface area (Å²) in [5.41, 5.74) is 1.92. The molecule has 26 heavy (non-hydrogen) atoms. The van der Waals surface area contributed by atoms with Gasteiger partial charge in [0.1, 0.15) is 0 Å². The molecule has 0 heterocycles. The molecule has 5 nitrogen and oxygen atoms in total. The van der Waals surface area contributed by atoms with E-state index in [0.29, 0.717) is 5.02 Å². The molecule has 1 N–H and O–H groups in total. The Hall–Kier alpha value is -1.89. The number of rotatable bonds is 7. The quantitative estimate of drug-likeness (QED) is 0.787. The van der Waals surface area contributed by atoms with Crippen molar-refractivity contribution in [3.63, 3.8) is 0 Å². The summed E-state index contributed by atoms with van der Waals surface area (Å²) in [5, 5.41) is 3.30. The van der Waals surface area contributed by atoms with Gasteiger partial charge in [-0.3, -0.25) is 4.79 Å². The molecule has 0 spiro atoms. The van der Waals surface area contributed by atoms with Gasteiger partial charge in [0.05, 0.1) is 11.4 Å². The first-order chi connectivity index (χ1) is 12.3. The summed E-state index contributed by atoms with van der Waals surface area (Å²) in [5.74, 6) is -0.280. The fourth-order valence-electron chi connectivity index (χ4n) is 2.54. The van der Waals surface area contributed by atoms with E-state index in [1.54, 1.807) is 0 Å². The summed E-state index contributed by atoms with van der Waals surface area (Å²) in [6.45, 7) is 1.88. The molecule has 7 heteroatoms. The predicted molar refractivity (Wildman–Crippen MR) is 101 cm³/mol. The van der Waals surface area contributed by atoms with Gasteiger partial charge in [0.15, 0.2) is 0 Å². The van der Waals surface area contributed by atoms with Gasteiger partial charge in [-0.1, -0.05) is 41.4 Å². The van der Waals surface area contributed by atoms with Crippen LogP contribution in [0.5, 0.6) is 0 Å². The summed E-state index contributed by atoms with van der Waals surface area (Å²) in [6.07, 6.45) is 1.90. The minimum absolute atomic E-state index is 0.119. The van der Waals surface area contributed by atoms with E-state index in [-0.39, 0.29) is 29.9 Å². The van der Waals surface area contributed by atoms with Crippen LogP contribution < -0.4 is 5.32 Å². The van der Waals surface area contributed by atoms with Crippen LogP contribution in [0.4, 0.5) is 0 Å². The Kier molecular flexibility index (Phi) is 5.65. The largest absolute Gasteiger partial charge is 0.352 e. The van der Waals surface area contributed by atoms with Crippen molar-refractivity contribution in [2.45, 2.75) is 37.2 Å². The molecule has 0 aromatic heterocycles. The van der Waals surface area contributed by atoms with E-state index in [9.17, 15) is 13.2 Å². The first-order valence-corrected chi connectivity index (χ1v) is 10.3. The molecule has 0 radical (unpaired) electrons. The molecular formula is C19H21ClN2O3S. The molecule has 0 unspecified atom stereocenters. The van der Waals surface area contributed by atoms with E-state index >= 15 is 0 Å². The third-order valence-corrected chi connectivity index (χ3v) is 6.25. The van der Waals surface area contributed by atoms with Crippen LogP contribution in [0.15, 0.2) is 53.4 Å². The van der Waals surface area contributed by atoms with Gasteiger partial charge in [-0.2, -0.15) is 4.31 Å². The second-order valence-electron chi connectivity index (χ2n) is 6.55. The monoisotopic (exact) mass is 392 g/mol. The molecule has 1 fully saturated rings. The van der Waals surface area contributed by atoms with Crippen molar-refractivity contribution in [2.24, 2.45) is 0 Å². The number of hydrogen-bond acceptors (Lipinski definition) is 3. The van der Waals surface area contributed by atoms with Crippen molar-refractivity contribution in [1.29, 1.82) is 0 Å². The number of nitrogens with one attached hydrogen (secondary N) is 1. The molecule has 0 aliphatic heterocycles. The Labute approximate surface area is 159 Å². The van der Waals surface area contributed by atoms with Crippen LogP contribution in [0, 0.1) is 6.92 Å². The number of carbonyl (C=O) groups excluding carboxylic acids is 1. The van der Waals surface area contributed by atoms with Crippen LogP contribution in [-0.4, -0.2) is 31.2 Å². The first-order valence-electron chi connectivity index (χ1n) is 8.45. The number of benzene rings is 2. The topological polar surface area (TPSA) is 66.5 Å². The number of aryl methyl sites for hydroxylation is 1. The molecular weight excluding hydrogens is 372 g/mol. The smallest absolute Gasteiger partial charge is 0.243 e. The molecule has 2 aromatic carbocycles. The predicted octanol–water partition coefficient (Wildman–Crippen LogP) is 3.12. The Morgan fingerprint density at radius 1 is 1.12 bits per heavy atom. The van der Waals surface area contributed by atoms with E-state index < -0.39 is 10.0 Å². The van der Waals surface area contributed by atoms with Gasteiger partial charge in [0, 0.05) is 17.6 Å². The SMILES string of the molecule is Cc1ccc(CN(CC(=O)NC2CC2)S(=O)(=O)c2ccc(Cl)cc2)cc1. The summed E-state index contributed by atoms with van der Waals surface area (Å²) in [7, 11) is -3.82. The maximum Gasteiger partial charge on any atom is 0.243 e. The number of halogens is 1. The van der Waals surface area contributed by atoms with Crippen LogP contribution in [0.1, 0.15) is 24.0 Å². The molecule has 0 saturated heterocycles. The maximum absolute atomic E-state index is 13.1. The zero-order valence-electron chi connectivity index (χ0n) is 14.5. The van der Waals surface area contributed by atoms with Crippen LogP contribution in [0.2, 0.25) is 5.02 Å². The maximum atomic E-state index is 13.1. The third kappa shape index (κ3) is 4.84. The highest BCUT2D eigenvalue weighted by Gasteiger charge is 2.29. The minimum atomic E-state index is -3.82. The van der Waals surface area contributed by atoms with Crippen molar-refractivity contribution in [2.75, 3.05) is 6.54 Å². The van der Waals surface area contributed by atoms with Gasteiger partial charge < -0.3 is 5.32 Å². The fraction of sp³-hybridized carbons (Fsp3) is 0.316. The molecule has 1 aliphatic rings. The van der Waals surface area contributed by atoms with Gasteiger partial charge >= 0.3 is 0 Å². The van der Waals surface area contributed by atoms with Crippen molar-refractivity contribution in [1.82, 2.24) is 9.62 Å². The lowest BCUT2D eigenvalue weighted by Gasteiger charge is -2.22. The zero-order chi connectivity index (χ0) is 18.7. The summed E-state index contributed by atoms with van der Waals surface area (Å²) < 4.78 is 27.3. The Bertz CT molecular complexity index is 876. The van der Waals surface area contributed by atoms with Crippen molar-refractivity contribution in [3.8, 4) is 0 Å². The number of hydrogen-bond donors (Lipinski definition) is 1. The molecule has 2 aromatic rings.